The second-order valence-corrected chi connectivity index (χ2v) is 4.67. The van der Waals surface area contributed by atoms with Gasteiger partial charge in [0.25, 0.3) is 5.22 Å². The molecule has 0 spiro atoms. The van der Waals surface area contributed by atoms with Crippen molar-refractivity contribution in [2.75, 3.05) is 0 Å². The minimum absolute atomic E-state index is 0.0562. The van der Waals surface area contributed by atoms with E-state index in [4.69, 9.17) is 13.9 Å². The van der Waals surface area contributed by atoms with Gasteiger partial charge in [-0.25, -0.2) is 4.79 Å². The summed E-state index contributed by atoms with van der Waals surface area (Å²) in [5.74, 6) is 0.584. The monoisotopic (exact) mass is 280 g/mol. The van der Waals surface area contributed by atoms with E-state index in [1.807, 2.05) is 6.92 Å². The van der Waals surface area contributed by atoms with Crippen LogP contribution < -0.4 is 0 Å². The molecular formula is C12H12N2O4S. The molecule has 7 heteroatoms. The van der Waals surface area contributed by atoms with Gasteiger partial charge in [-0.1, -0.05) is 6.92 Å². The molecule has 2 aromatic heterocycles. The maximum atomic E-state index is 11.2. The summed E-state index contributed by atoms with van der Waals surface area (Å²) < 4.78 is 10.6. The fourth-order valence-corrected chi connectivity index (χ4v) is 1.98. The predicted molar refractivity (Wildman–Crippen MR) is 68.6 cm³/mol. The Morgan fingerprint density at radius 3 is 2.74 bits per heavy atom. The first-order valence-corrected chi connectivity index (χ1v) is 6.41. The van der Waals surface area contributed by atoms with Gasteiger partial charge in [0.05, 0.1) is 0 Å². The predicted octanol–water partition coefficient (Wildman–Crippen LogP) is 2.75. The van der Waals surface area contributed by atoms with Gasteiger partial charge in [-0.15, -0.1) is 10.2 Å². The summed E-state index contributed by atoms with van der Waals surface area (Å²) in [6, 6.07) is 3.46. The lowest BCUT2D eigenvalue weighted by Crippen LogP contribution is -1.96. The fraction of sp³-hybridized carbons (Fsp3) is 0.250. The molecule has 0 atom stereocenters. The van der Waals surface area contributed by atoms with Crippen molar-refractivity contribution in [3.05, 3.63) is 34.4 Å². The SMILES string of the molecule is CCc1nnc(S/C(=C/c2ccc(C)o2)C(=O)O)o1. The van der Waals surface area contributed by atoms with Crippen LogP contribution in [0.15, 0.2) is 31.1 Å². The summed E-state index contributed by atoms with van der Waals surface area (Å²) in [7, 11) is 0. The number of nitrogens with zero attached hydrogens (tertiary/aromatic N) is 2. The minimum Gasteiger partial charge on any atom is -0.477 e. The maximum absolute atomic E-state index is 11.2. The molecule has 6 nitrogen and oxygen atoms in total. The highest BCUT2D eigenvalue weighted by atomic mass is 32.2. The second kappa shape index (κ2) is 5.75. The van der Waals surface area contributed by atoms with Crippen LogP contribution in [0.4, 0.5) is 0 Å². The third-order valence-electron chi connectivity index (χ3n) is 2.19. The molecule has 0 aliphatic carbocycles. The van der Waals surface area contributed by atoms with E-state index in [1.165, 1.54) is 6.08 Å². The standard InChI is InChI=1S/C12H12N2O4S/c1-3-10-13-14-12(18-10)19-9(11(15)16)6-8-5-4-7(2)17-8/h4-6H,3H2,1-2H3,(H,15,16)/b9-6+. The summed E-state index contributed by atoms with van der Waals surface area (Å²) in [5.41, 5.74) is 0. The summed E-state index contributed by atoms with van der Waals surface area (Å²) in [6.45, 7) is 3.66. The van der Waals surface area contributed by atoms with Crippen molar-refractivity contribution in [3.8, 4) is 0 Å². The van der Waals surface area contributed by atoms with Crippen molar-refractivity contribution in [1.82, 2.24) is 10.2 Å². The number of carbonyl (C=O) groups is 1. The van der Waals surface area contributed by atoms with Gasteiger partial charge in [-0.3, -0.25) is 0 Å². The van der Waals surface area contributed by atoms with Crippen LogP contribution in [0, 0.1) is 6.92 Å². The van der Waals surface area contributed by atoms with E-state index in [-0.39, 0.29) is 10.1 Å². The first kappa shape index (κ1) is 13.4. The molecule has 19 heavy (non-hydrogen) atoms. The maximum Gasteiger partial charge on any atom is 0.342 e. The first-order chi connectivity index (χ1) is 9.08. The van der Waals surface area contributed by atoms with E-state index in [2.05, 4.69) is 10.2 Å². The van der Waals surface area contributed by atoms with Gasteiger partial charge in [-0.2, -0.15) is 0 Å². The van der Waals surface area contributed by atoms with Gasteiger partial charge in [0.15, 0.2) is 0 Å². The third kappa shape index (κ3) is 3.47. The molecule has 0 unspecified atom stereocenters. The molecule has 0 fully saturated rings. The number of thioether (sulfide) groups is 1. The normalized spacial score (nSPS) is 11.8. The topological polar surface area (TPSA) is 89.4 Å². The summed E-state index contributed by atoms with van der Waals surface area (Å²) in [4.78, 5) is 11.2. The molecule has 0 aromatic carbocycles. The zero-order valence-electron chi connectivity index (χ0n) is 10.4. The first-order valence-electron chi connectivity index (χ1n) is 5.60. The molecule has 0 amide bonds. The highest BCUT2D eigenvalue weighted by Crippen LogP contribution is 2.27. The molecule has 2 aromatic rings. The van der Waals surface area contributed by atoms with Crippen molar-refractivity contribution >= 4 is 23.8 Å². The number of aryl methyl sites for hydroxylation is 2. The molecule has 2 heterocycles. The van der Waals surface area contributed by atoms with E-state index >= 15 is 0 Å². The van der Waals surface area contributed by atoms with Crippen LogP contribution in [0.25, 0.3) is 6.08 Å². The molecule has 0 saturated heterocycles. The van der Waals surface area contributed by atoms with Gasteiger partial charge >= 0.3 is 5.97 Å². The molecule has 0 aliphatic heterocycles. The van der Waals surface area contributed by atoms with Gasteiger partial charge in [0.1, 0.15) is 16.4 Å². The van der Waals surface area contributed by atoms with Crippen molar-refractivity contribution in [2.24, 2.45) is 0 Å². The highest BCUT2D eigenvalue weighted by molar-refractivity contribution is 8.03. The van der Waals surface area contributed by atoms with Crippen LogP contribution >= 0.6 is 11.8 Å². The number of aromatic nitrogens is 2. The van der Waals surface area contributed by atoms with Crippen molar-refractivity contribution < 1.29 is 18.7 Å². The van der Waals surface area contributed by atoms with Gasteiger partial charge < -0.3 is 13.9 Å². The number of hydrogen-bond acceptors (Lipinski definition) is 6. The Bertz CT molecular complexity index is 615. The van der Waals surface area contributed by atoms with Crippen LogP contribution in [-0.4, -0.2) is 21.3 Å². The Labute approximate surface area is 113 Å². The lowest BCUT2D eigenvalue weighted by molar-refractivity contribution is -0.131. The number of carboxylic acid groups (broad SMARTS) is 1. The Hall–Kier alpha value is -2.02. The molecule has 2 rings (SSSR count). The highest BCUT2D eigenvalue weighted by Gasteiger charge is 2.15. The number of furan rings is 1. The Morgan fingerprint density at radius 2 is 2.21 bits per heavy atom. The lowest BCUT2D eigenvalue weighted by Gasteiger charge is -1.96. The van der Waals surface area contributed by atoms with Crippen molar-refractivity contribution in [3.63, 3.8) is 0 Å². The molecule has 100 valence electrons. The van der Waals surface area contributed by atoms with Gasteiger partial charge in [0.2, 0.25) is 5.89 Å². The van der Waals surface area contributed by atoms with Crippen LogP contribution in [0.5, 0.6) is 0 Å². The van der Waals surface area contributed by atoms with E-state index in [0.29, 0.717) is 23.8 Å². The zero-order valence-corrected chi connectivity index (χ0v) is 11.2. The summed E-state index contributed by atoms with van der Waals surface area (Å²) >= 11 is 0.898. The largest absolute Gasteiger partial charge is 0.477 e. The zero-order chi connectivity index (χ0) is 13.8. The molecular weight excluding hydrogens is 268 g/mol. The smallest absolute Gasteiger partial charge is 0.342 e. The molecule has 0 radical (unpaired) electrons. The average molecular weight is 280 g/mol. The van der Waals surface area contributed by atoms with E-state index < -0.39 is 5.97 Å². The van der Waals surface area contributed by atoms with Crippen molar-refractivity contribution in [1.29, 1.82) is 0 Å². The number of hydrogen-bond donors (Lipinski definition) is 1. The average Bonchev–Trinajstić information content (AvgIpc) is 2.97. The van der Waals surface area contributed by atoms with Crippen LogP contribution in [0.3, 0.4) is 0 Å². The number of rotatable bonds is 5. The minimum atomic E-state index is -1.07. The molecule has 0 saturated carbocycles. The third-order valence-corrected chi connectivity index (χ3v) is 3.05. The summed E-state index contributed by atoms with van der Waals surface area (Å²) in [6.07, 6.45) is 2.03. The van der Waals surface area contributed by atoms with Gasteiger partial charge in [-0.05, 0) is 30.8 Å². The lowest BCUT2D eigenvalue weighted by atomic mass is 10.4. The number of aliphatic carboxylic acids is 1. The summed E-state index contributed by atoms with van der Waals surface area (Å²) in [5, 5.41) is 16.9. The van der Waals surface area contributed by atoms with Crippen LogP contribution in [0.1, 0.15) is 24.3 Å². The second-order valence-electron chi connectivity index (χ2n) is 3.68. The Kier molecular flexibility index (Phi) is 4.06. The molecule has 1 N–H and O–H groups in total. The Balaban J connectivity index is 2.21. The van der Waals surface area contributed by atoms with E-state index in [0.717, 1.165) is 11.8 Å². The van der Waals surface area contributed by atoms with Gasteiger partial charge in [0, 0.05) is 12.5 Å². The number of carboxylic acids is 1. The van der Waals surface area contributed by atoms with Crippen LogP contribution in [-0.2, 0) is 11.2 Å². The quantitative estimate of drug-likeness (QED) is 0.665. The van der Waals surface area contributed by atoms with E-state index in [1.54, 1.807) is 19.1 Å². The van der Waals surface area contributed by atoms with Crippen LogP contribution in [0.2, 0.25) is 0 Å². The molecule has 0 aliphatic rings. The Morgan fingerprint density at radius 1 is 1.42 bits per heavy atom. The van der Waals surface area contributed by atoms with E-state index in [9.17, 15) is 4.79 Å². The fourth-order valence-electron chi connectivity index (χ4n) is 1.31. The van der Waals surface area contributed by atoms with Crippen molar-refractivity contribution in [2.45, 2.75) is 25.5 Å². The molecule has 0 bridgehead atoms.